The molecule has 2 aliphatic rings. The van der Waals surface area contributed by atoms with Crippen LogP contribution in [-0.2, 0) is 9.53 Å². The van der Waals surface area contributed by atoms with Gasteiger partial charge in [0.15, 0.2) is 11.6 Å². The normalized spacial score (nSPS) is 24.4. The van der Waals surface area contributed by atoms with Crippen molar-refractivity contribution in [3.8, 4) is 5.75 Å². The fourth-order valence-electron chi connectivity index (χ4n) is 4.10. The van der Waals surface area contributed by atoms with Crippen molar-refractivity contribution in [3.05, 3.63) is 29.8 Å². The highest BCUT2D eigenvalue weighted by Crippen LogP contribution is 2.28. The van der Waals surface area contributed by atoms with E-state index in [0.717, 1.165) is 31.7 Å². The van der Waals surface area contributed by atoms with Crippen LogP contribution in [0.25, 0.3) is 0 Å². The summed E-state index contributed by atoms with van der Waals surface area (Å²) in [6.07, 6.45) is 4.41. The van der Waals surface area contributed by atoms with Gasteiger partial charge in [-0.2, -0.15) is 4.39 Å². The fourth-order valence-corrected chi connectivity index (χ4v) is 4.10. The van der Waals surface area contributed by atoms with Gasteiger partial charge in [0.2, 0.25) is 11.7 Å². The summed E-state index contributed by atoms with van der Waals surface area (Å²) in [5, 5.41) is 11.3. The second-order valence-electron chi connectivity index (χ2n) is 7.72. The summed E-state index contributed by atoms with van der Waals surface area (Å²) in [6, 6.07) is 4.04. The molecule has 1 aromatic carbocycles. The van der Waals surface area contributed by atoms with Crippen LogP contribution in [0.5, 0.6) is 5.75 Å². The highest BCUT2D eigenvalue weighted by atomic mass is 19.2. The third-order valence-corrected chi connectivity index (χ3v) is 5.51. The van der Waals surface area contributed by atoms with Gasteiger partial charge in [0.05, 0.1) is 6.54 Å². The number of ether oxygens (including phenoxy) is 2. The molecule has 6 nitrogen and oxygen atoms in total. The Kier molecular flexibility index (Phi) is 6.85. The van der Waals surface area contributed by atoms with E-state index >= 15 is 0 Å². The predicted molar refractivity (Wildman–Crippen MR) is 99.1 cm³/mol. The molecule has 8 heteroatoms. The second-order valence-corrected chi connectivity index (χ2v) is 7.72. The van der Waals surface area contributed by atoms with E-state index in [9.17, 15) is 18.7 Å². The zero-order valence-corrected chi connectivity index (χ0v) is 16.2. The second kappa shape index (κ2) is 9.15. The maximum absolute atomic E-state index is 13.9. The summed E-state index contributed by atoms with van der Waals surface area (Å²) in [4.78, 5) is 16.1. The molecule has 0 aromatic heterocycles. The number of amides is 1. The van der Waals surface area contributed by atoms with Crippen LogP contribution in [0, 0.1) is 11.6 Å². The van der Waals surface area contributed by atoms with Crippen molar-refractivity contribution in [2.24, 2.45) is 0 Å². The molecule has 1 N–H and O–H groups in total. The van der Waals surface area contributed by atoms with E-state index in [-0.39, 0.29) is 31.4 Å². The van der Waals surface area contributed by atoms with Gasteiger partial charge in [0, 0.05) is 32.8 Å². The van der Waals surface area contributed by atoms with Gasteiger partial charge in [0.1, 0.15) is 18.8 Å². The molecule has 1 saturated carbocycles. The van der Waals surface area contributed by atoms with Gasteiger partial charge in [-0.1, -0.05) is 18.9 Å². The first-order valence-corrected chi connectivity index (χ1v) is 9.72. The quantitative estimate of drug-likeness (QED) is 0.792. The number of nitrogens with zero attached hydrogens (tertiary/aromatic N) is 2. The highest BCUT2D eigenvalue weighted by molar-refractivity contribution is 5.77. The van der Waals surface area contributed by atoms with Gasteiger partial charge in [0.25, 0.3) is 0 Å². The first kappa shape index (κ1) is 21.0. The molecule has 28 heavy (non-hydrogen) atoms. The average molecular weight is 398 g/mol. The number of carbonyl (C=O) groups is 1. The van der Waals surface area contributed by atoms with E-state index < -0.39 is 17.2 Å². The van der Waals surface area contributed by atoms with Gasteiger partial charge in [-0.25, -0.2) is 4.39 Å². The van der Waals surface area contributed by atoms with E-state index in [1.165, 1.54) is 19.2 Å². The Morgan fingerprint density at radius 2 is 2.00 bits per heavy atom. The number of rotatable bonds is 6. The summed E-state index contributed by atoms with van der Waals surface area (Å²) >= 11 is 0. The summed E-state index contributed by atoms with van der Waals surface area (Å²) in [5.74, 6) is -2.56. The Morgan fingerprint density at radius 3 is 2.71 bits per heavy atom. The minimum atomic E-state index is -1.40. The minimum Gasteiger partial charge on any atom is -0.487 e. The van der Waals surface area contributed by atoms with Crippen molar-refractivity contribution in [3.63, 3.8) is 0 Å². The standard InChI is InChI=1S/C20H28F2N2O4/c1-27-11-18(25)24-10-9-23(15-5-2-3-6-15)12-20(26,13-24)14-28-17-8-4-7-16(21)19(17)22/h4,7-8,15,26H,2-3,5-6,9-14H2,1H3/t20-/m0/s1. The molecule has 1 aromatic rings. The van der Waals surface area contributed by atoms with Gasteiger partial charge in [-0.15, -0.1) is 0 Å². The summed E-state index contributed by atoms with van der Waals surface area (Å²) < 4.78 is 37.7. The number of methoxy groups -OCH3 is 1. The van der Waals surface area contributed by atoms with Gasteiger partial charge < -0.3 is 19.5 Å². The first-order valence-electron chi connectivity index (χ1n) is 9.72. The van der Waals surface area contributed by atoms with E-state index in [4.69, 9.17) is 9.47 Å². The molecule has 1 aliphatic carbocycles. The number of carbonyl (C=O) groups excluding carboxylic acids is 1. The highest BCUT2D eigenvalue weighted by Gasteiger charge is 2.40. The molecule has 1 amide bonds. The Balaban J connectivity index is 1.76. The monoisotopic (exact) mass is 398 g/mol. The third-order valence-electron chi connectivity index (χ3n) is 5.51. The molecule has 1 atom stereocenters. The van der Waals surface area contributed by atoms with Gasteiger partial charge >= 0.3 is 0 Å². The van der Waals surface area contributed by atoms with Crippen LogP contribution >= 0.6 is 0 Å². The SMILES string of the molecule is COCC(=O)N1CCN(C2CCCC2)C[C@@](O)(COc2cccc(F)c2F)C1. The Hall–Kier alpha value is -1.77. The van der Waals surface area contributed by atoms with Crippen LogP contribution in [0.1, 0.15) is 25.7 Å². The molecule has 1 aliphatic heterocycles. The largest absolute Gasteiger partial charge is 0.487 e. The summed E-state index contributed by atoms with van der Waals surface area (Å²) in [7, 11) is 1.45. The van der Waals surface area contributed by atoms with Crippen LogP contribution in [0.2, 0.25) is 0 Å². The van der Waals surface area contributed by atoms with Crippen LogP contribution in [-0.4, -0.2) is 79.0 Å². The third kappa shape index (κ3) is 4.98. The van der Waals surface area contributed by atoms with E-state index in [2.05, 4.69) is 4.90 Å². The van der Waals surface area contributed by atoms with Crippen LogP contribution in [0.3, 0.4) is 0 Å². The fraction of sp³-hybridized carbons (Fsp3) is 0.650. The number of hydrogen-bond acceptors (Lipinski definition) is 5. The van der Waals surface area contributed by atoms with Gasteiger partial charge in [-0.3, -0.25) is 9.69 Å². The number of halogens is 2. The molecule has 1 saturated heterocycles. The van der Waals surface area contributed by atoms with Crippen LogP contribution in [0.4, 0.5) is 8.78 Å². The van der Waals surface area contributed by atoms with E-state index in [0.29, 0.717) is 25.7 Å². The molecule has 0 spiro atoms. The summed E-state index contributed by atoms with van der Waals surface area (Å²) in [5.41, 5.74) is -1.40. The molecule has 1 heterocycles. The van der Waals surface area contributed by atoms with Crippen molar-refractivity contribution in [2.45, 2.75) is 37.3 Å². The minimum absolute atomic E-state index is 0.0509. The predicted octanol–water partition coefficient (Wildman–Crippen LogP) is 1.81. The Bertz CT molecular complexity index is 684. The van der Waals surface area contributed by atoms with Gasteiger partial charge in [-0.05, 0) is 25.0 Å². The molecular weight excluding hydrogens is 370 g/mol. The molecule has 0 radical (unpaired) electrons. The smallest absolute Gasteiger partial charge is 0.248 e. The zero-order chi connectivity index (χ0) is 20.1. The number of aliphatic hydroxyl groups is 1. The van der Waals surface area contributed by atoms with Crippen LogP contribution in [0.15, 0.2) is 18.2 Å². The zero-order valence-electron chi connectivity index (χ0n) is 16.2. The van der Waals surface area contributed by atoms with E-state index in [1.807, 2.05) is 0 Å². The Morgan fingerprint density at radius 1 is 1.25 bits per heavy atom. The number of hydrogen-bond donors (Lipinski definition) is 1. The summed E-state index contributed by atoms with van der Waals surface area (Å²) in [6.45, 7) is 1.18. The maximum Gasteiger partial charge on any atom is 0.248 e. The lowest BCUT2D eigenvalue weighted by molar-refractivity contribution is -0.138. The average Bonchev–Trinajstić information content (AvgIpc) is 3.14. The van der Waals surface area contributed by atoms with Crippen molar-refractivity contribution in [1.29, 1.82) is 0 Å². The molecule has 3 rings (SSSR count). The molecule has 0 unspecified atom stereocenters. The van der Waals surface area contributed by atoms with Crippen LogP contribution < -0.4 is 4.74 Å². The maximum atomic E-state index is 13.9. The van der Waals surface area contributed by atoms with Crippen molar-refractivity contribution in [2.75, 3.05) is 46.5 Å². The lowest BCUT2D eigenvalue weighted by Gasteiger charge is -2.35. The van der Waals surface area contributed by atoms with Crippen molar-refractivity contribution >= 4 is 5.91 Å². The number of β-amino-alcohol motifs (C(OH)–C–C–N with tert-alkyl or cyclic N) is 1. The topological polar surface area (TPSA) is 62.2 Å². The van der Waals surface area contributed by atoms with Crippen molar-refractivity contribution in [1.82, 2.24) is 9.80 Å². The van der Waals surface area contributed by atoms with Crippen molar-refractivity contribution < 1.29 is 28.2 Å². The molecular formula is C20H28F2N2O4. The molecule has 0 bridgehead atoms. The molecule has 2 fully saturated rings. The first-order chi connectivity index (χ1) is 13.4. The Labute approximate surface area is 164 Å². The lowest BCUT2D eigenvalue weighted by Crippen LogP contribution is -2.53. The lowest BCUT2D eigenvalue weighted by atomic mass is 10.0. The molecule has 156 valence electrons. The number of benzene rings is 1. The van der Waals surface area contributed by atoms with E-state index in [1.54, 1.807) is 4.90 Å².